The summed E-state index contributed by atoms with van der Waals surface area (Å²) in [6.07, 6.45) is 3.10. The second-order valence-electron chi connectivity index (χ2n) is 0.688. The van der Waals surface area contributed by atoms with Gasteiger partial charge in [0, 0.05) is 23.9 Å². The molecule has 0 amide bonds. The summed E-state index contributed by atoms with van der Waals surface area (Å²) < 4.78 is 4.33. The molecule has 30 valence electrons. The quantitative estimate of drug-likeness (QED) is 0.546. The number of aromatic nitrogens is 1. The maximum atomic E-state index is 4.33. The van der Waals surface area contributed by atoms with Gasteiger partial charge in [-0.25, -0.2) is 0 Å². The van der Waals surface area contributed by atoms with E-state index < -0.39 is 0 Å². The predicted octanol–water partition coefficient (Wildman–Crippen LogP) is 0.294. The summed E-state index contributed by atoms with van der Waals surface area (Å²) in [6, 6.07) is 1.72. The van der Waals surface area contributed by atoms with E-state index in [0.29, 0.717) is 0 Å². The van der Waals surface area contributed by atoms with Crippen LogP contribution in [0.25, 0.3) is 0 Å². The molecule has 0 saturated heterocycles. The average molecular weight is 188 g/mol. The van der Waals surface area contributed by atoms with Crippen LogP contribution < -0.4 is 0 Å². The van der Waals surface area contributed by atoms with Gasteiger partial charge in [0.25, 0.3) is 0 Å². The van der Waals surface area contributed by atoms with Gasteiger partial charge in [-0.1, -0.05) is 5.16 Å². The van der Waals surface area contributed by atoms with Crippen molar-refractivity contribution in [3.63, 3.8) is 0 Å². The van der Waals surface area contributed by atoms with Gasteiger partial charge in [0.2, 0.25) is 0 Å². The fourth-order valence-corrected chi connectivity index (χ4v) is 0.176. The zero-order valence-corrected chi connectivity index (χ0v) is 5.94. The average Bonchev–Trinajstić information content (AvgIpc) is 1.76. The van der Waals surface area contributed by atoms with Crippen LogP contribution >= 0.6 is 0 Å². The Labute approximate surface area is 52.5 Å². The minimum absolute atomic E-state index is 0. The Bertz CT molecular complexity index is 67.3. The van der Waals surface area contributed by atoms with E-state index in [1.807, 2.05) is 0 Å². The molecule has 3 heteroatoms. The monoisotopic (exact) mass is 189 g/mol. The Balaban J connectivity index is 0.000000250. The van der Waals surface area contributed by atoms with Crippen LogP contribution in [0.15, 0.2) is 23.0 Å². The summed E-state index contributed by atoms with van der Waals surface area (Å²) in [5, 5.41) is 3.35. The molecule has 4 radical (unpaired) electrons. The maximum Gasteiger partial charge on any atom is 0.123 e. The van der Waals surface area contributed by atoms with Crippen LogP contribution in [0.3, 0.4) is 0 Å². The van der Waals surface area contributed by atoms with E-state index in [9.17, 15) is 0 Å². The molecule has 0 aliphatic rings. The molecule has 1 heterocycles. The first-order valence-corrected chi connectivity index (χ1v) is 1.34. The largest absolute Gasteiger partial charge is 0.365 e. The van der Waals surface area contributed by atoms with Gasteiger partial charge in [0.05, 0.1) is 6.20 Å². The van der Waals surface area contributed by atoms with E-state index in [1.54, 1.807) is 12.3 Å². The molecule has 6 heavy (non-hydrogen) atoms. The van der Waals surface area contributed by atoms with Gasteiger partial charge in [-0.2, -0.15) is 0 Å². The van der Waals surface area contributed by atoms with Crippen molar-refractivity contribution >= 4 is 23.9 Å². The second kappa shape index (κ2) is 3.21. The van der Waals surface area contributed by atoms with E-state index in [0.717, 1.165) is 0 Å². The Morgan fingerprint density at radius 3 is 2.50 bits per heavy atom. The van der Waals surface area contributed by atoms with Gasteiger partial charge in [-0.15, -0.1) is 0 Å². The normalized spacial score (nSPS) is 6.67. The van der Waals surface area contributed by atoms with Crippen molar-refractivity contribution in [3.8, 4) is 0 Å². The van der Waals surface area contributed by atoms with Gasteiger partial charge in [0.15, 0.2) is 0 Å². The van der Waals surface area contributed by atoms with Crippen molar-refractivity contribution in [2.75, 3.05) is 0 Å². The third kappa shape index (κ3) is 1.45. The summed E-state index contributed by atoms with van der Waals surface area (Å²) in [4.78, 5) is 0. The standard InChI is InChI=1S/C3H3NO.Sn/c1-2-4-5-3-1;/h1-3H;. The molecule has 0 spiro atoms. The zero-order valence-electron chi connectivity index (χ0n) is 3.09. The summed E-state index contributed by atoms with van der Waals surface area (Å²) in [7, 11) is 0. The van der Waals surface area contributed by atoms with Crippen LogP contribution in [-0.2, 0) is 0 Å². The minimum Gasteiger partial charge on any atom is -0.365 e. The first-order chi connectivity index (χ1) is 2.50. The van der Waals surface area contributed by atoms with Crippen molar-refractivity contribution < 1.29 is 4.52 Å². The van der Waals surface area contributed by atoms with Crippen molar-refractivity contribution in [2.24, 2.45) is 0 Å². The smallest absolute Gasteiger partial charge is 0.123 e. The third-order valence-corrected chi connectivity index (χ3v) is 0.347. The van der Waals surface area contributed by atoms with Gasteiger partial charge in [-0.05, 0) is 6.07 Å². The van der Waals surface area contributed by atoms with Crippen molar-refractivity contribution in [1.29, 1.82) is 0 Å². The molecule has 0 aliphatic heterocycles. The molecule has 1 rings (SSSR count). The van der Waals surface area contributed by atoms with Crippen LogP contribution in [-0.4, -0.2) is 29.1 Å². The van der Waals surface area contributed by atoms with Crippen molar-refractivity contribution in [3.05, 3.63) is 18.5 Å². The van der Waals surface area contributed by atoms with Gasteiger partial charge in [-0.3, -0.25) is 0 Å². The van der Waals surface area contributed by atoms with Crippen LogP contribution in [0.4, 0.5) is 0 Å². The molecule has 0 aromatic carbocycles. The fourth-order valence-electron chi connectivity index (χ4n) is 0.176. The van der Waals surface area contributed by atoms with Crippen LogP contribution in [0.1, 0.15) is 0 Å². The topological polar surface area (TPSA) is 26.0 Å². The van der Waals surface area contributed by atoms with E-state index in [-0.39, 0.29) is 23.9 Å². The first-order valence-electron chi connectivity index (χ1n) is 1.34. The number of hydrogen-bond donors (Lipinski definition) is 0. The van der Waals surface area contributed by atoms with E-state index in [4.69, 9.17) is 0 Å². The predicted molar refractivity (Wildman–Crippen MR) is 22.3 cm³/mol. The van der Waals surface area contributed by atoms with E-state index >= 15 is 0 Å². The Morgan fingerprint density at radius 1 is 1.50 bits per heavy atom. The molecular weight excluding hydrogens is 185 g/mol. The minimum atomic E-state index is 0. The number of hydrogen-bond acceptors (Lipinski definition) is 2. The molecule has 1 aromatic heterocycles. The molecule has 0 N–H and O–H groups in total. The number of nitrogens with zero attached hydrogens (tertiary/aromatic N) is 1. The Kier molecular flexibility index (Phi) is 3.21. The van der Waals surface area contributed by atoms with E-state index in [1.165, 1.54) is 6.26 Å². The Hall–Kier alpha value is 0.00870. The molecule has 0 saturated carbocycles. The maximum absolute atomic E-state index is 4.33. The molecule has 1 aromatic rings. The van der Waals surface area contributed by atoms with Gasteiger partial charge >= 0.3 is 0 Å². The van der Waals surface area contributed by atoms with Crippen LogP contribution in [0.5, 0.6) is 0 Å². The molecule has 0 aliphatic carbocycles. The summed E-state index contributed by atoms with van der Waals surface area (Å²) in [5.41, 5.74) is 0. The third-order valence-electron chi connectivity index (χ3n) is 0.347. The summed E-state index contributed by atoms with van der Waals surface area (Å²) >= 11 is 0. The summed E-state index contributed by atoms with van der Waals surface area (Å²) in [6.45, 7) is 0. The van der Waals surface area contributed by atoms with Crippen molar-refractivity contribution in [2.45, 2.75) is 0 Å². The molecular formula is C3H3NOSn. The van der Waals surface area contributed by atoms with Crippen LogP contribution in [0, 0.1) is 0 Å². The molecule has 2 nitrogen and oxygen atoms in total. The van der Waals surface area contributed by atoms with Crippen LogP contribution in [0.2, 0.25) is 0 Å². The molecule has 0 atom stereocenters. The zero-order chi connectivity index (χ0) is 3.54. The van der Waals surface area contributed by atoms with E-state index in [2.05, 4.69) is 9.68 Å². The van der Waals surface area contributed by atoms with Crippen molar-refractivity contribution in [1.82, 2.24) is 5.16 Å². The molecule has 0 unspecified atom stereocenters. The van der Waals surface area contributed by atoms with Gasteiger partial charge < -0.3 is 4.52 Å². The SMILES string of the molecule is [Sn].c1cnoc1. The molecule has 0 bridgehead atoms. The van der Waals surface area contributed by atoms with Gasteiger partial charge in [0.1, 0.15) is 6.26 Å². The fraction of sp³-hybridized carbons (Fsp3) is 0. The second-order valence-corrected chi connectivity index (χ2v) is 0.688. The number of rotatable bonds is 0. The summed E-state index contributed by atoms with van der Waals surface area (Å²) in [5.74, 6) is 0. The first kappa shape index (κ1) is 6.01. The Morgan fingerprint density at radius 2 is 2.33 bits per heavy atom. The molecule has 0 fully saturated rings.